The number of alkyl halides is 3. The first kappa shape index (κ1) is 29.9. The van der Waals surface area contributed by atoms with Crippen LogP contribution in [0.25, 0.3) is 11.1 Å². The fourth-order valence-electron chi connectivity index (χ4n) is 4.32. The Bertz CT molecular complexity index is 1700. The molecule has 0 saturated carbocycles. The van der Waals surface area contributed by atoms with E-state index in [-0.39, 0.29) is 38.9 Å². The maximum atomic E-state index is 13.9. The molecule has 214 valence electrons. The highest BCUT2D eigenvalue weighted by atomic mass is 35.5. The topological polar surface area (TPSA) is 100 Å². The summed E-state index contributed by atoms with van der Waals surface area (Å²) in [7, 11) is 1.65. The van der Waals surface area contributed by atoms with E-state index >= 15 is 0 Å². The fraction of sp³-hybridized carbons (Fsp3) is 0.179. The first-order valence-corrected chi connectivity index (χ1v) is 12.7. The minimum atomic E-state index is -4.89. The zero-order valence-corrected chi connectivity index (χ0v) is 22.8. The molecule has 3 N–H and O–H groups in total. The van der Waals surface area contributed by atoms with E-state index in [2.05, 4.69) is 5.32 Å². The molecular formula is C28H22Cl2F4N4O3. The number of rotatable bonds is 8. The summed E-state index contributed by atoms with van der Waals surface area (Å²) in [6.07, 6.45) is -2.19. The lowest BCUT2D eigenvalue weighted by atomic mass is 9.94. The third kappa shape index (κ3) is 6.98. The van der Waals surface area contributed by atoms with Gasteiger partial charge in [0.05, 0.1) is 34.6 Å². The van der Waals surface area contributed by atoms with Gasteiger partial charge < -0.3 is 19.6 Å². The second-order valence-electron chi connectivity index (χ2n) is 9.26. The predicted octanol–water partition coefficient (Wildman–Crippen LogP) is 6.43. The third-order valence-electron chi connectivity index (χ3n) is 6.31. The molecule has 1 atom stereocenters. The highest BCUT2D eigenvalue weighted by Gasteiger charge is 2.34. The van der Waals surface area contributed by atoms with Crippen LogP contribution in [-0.2, 0) is 24.6 Å². The molecule has 0 aliphatic rings. The van der Waals surface area contributed by atoms with Gasteiger partial charge in [-0.25, -0.2) is 4.39 Å². The number of benzene rings is 3. The zero-order valence-electron chi connectivity index (χ0n) is 21.3. The van der Waals surface area contributed by atoms with Crippen LogP contribution in [0.15, 0.2) is 67.0 Å². The summed E-state index contributed by atoms with van der Waals surface area (Å²) in [4.78, 5) is 25.0. The van der Waals surface area contributed by atoms with Crippen molar-refractivity contribution in [2.75, 3.05) is 0 Å². The smallest absolute Gasteiger partial charge is 0.417 e. The lowest BCUT2D eigenvalue weighted by molar-refractivity contribution is -0.138. The van der Waals surface area contributed by atoms with Crippen LogP contribution in [0.5, 0.6) is 0 Å². The summed E-state index contributed by atoms with van der Waals surface area (Å²) < 4.78 is 58.4. The molecule has 1 aromatic heterocycles. The summed E-state index contributed by atoms with van der Waals surface area (Å²) in [6.45, 7) is 0.0295. The molecule has 0 aliphatic heterocycles. The average molecular weight is 609 g/mol. The van der Waals surface area contributed by atoms with Crippen molar-refractivity contribution in [3.05, 3.63) is 111 Å². The molecule has 7 nitrogen and oxygen atoms in total. The molecule has 0 saturated heterocycles. The molecule has 0 spiro atoms. The molecule has 4 rings (SSSR count). The summed E-state index contributed by atoms with van der Waals surface area (Å²) >= 11 is 12.0. The number of halogens is 6. The molecule has 1 heterocycles. The Hall–Kier alpha value is -4.09. The minimum absolute atomic E-state index is 0.0210. The summed E-state index contributed by atoms with van der Waals surface area (Å²) in [6, 6.07) is 9.62. The highest BCUT2D eigenvalue weighted by Crippen LogP contribution is 2.38. The van der Waals surface area contributed by atoms with Gasteiger partial charge in [-0.2, -0.15) is 13.2 Å². The molecule has 41 heavy (non-hydrogen) atoms. The second kappa shape index (κ2) is 11.8. The molecular weight excluding hydrogens is 587 g/mol. The van der Waals surface area contributed by atoms with E-state index < -0.39 is 41.9 Å². The van der Waals surface area contributed by atoms with Crippen molar-refractivity contribution in [2.45, 2.75) is 25.2 Å². The van der Waals surface area contributed by atoms with E-state index in [0.29, 0.717) is 17.2 Å². The summed E-state index contributed by atoms with van der Waals surface area (Å²) in [5, 5.41) is 20.6. The van der Waals surface area contributed by atoms with E-state index in [4.69, 9.17) is 28.6 Å². The van der Waals surface area contributed by atoms with Crippen LogP contribution < -0.4 is 10.9 Å². The molecule has 0 radical (unpaired) electrons. The van der Waals surface area contributed by atoms with Crippen molar-refractivity contribution in [1.82, 2.24) is 14.5 Å². The van der Waals surface area contributed by atoms with Gasteiger partial charge in [0.15, 0.2) is 0 Å². The van der Waals surface area contributed by atoms with Crippen molar-refractivity contribution >= 4 is 35.1 Å². The van der Waals surface area contributed by atoms with Crippen LogP contribution in [0.3, 0.4) is 0 Å². The third-order valence-corrected chi connectivity index (χ3v) is 7.05. The van der Waals surface area contributed by atoms with E-state index in [9.17, 15) is 32.3 Å². The number of aliphatic carboxylic acids is 1. The number of carbonyl (C=O) groups excluding carboxylic acids is 1. The average Bonchev–Trinajstić information content (AvgIpc) is 3.21. The Morgan fingerprint density at radius 3 is 2.37 bits per heavy atom. The van der Waals surface area contributed by atoms with Gasteiger partial charge in [0.1, 0.15) is 5.82 Å². The lowest BCUT2D eigenvalue weighted by Crippen LogP contribution is -2.30. The quantitative estimate of drug-likeness (QED) is 0.201. The lowest BCUT2D eigenvalue weighted by Gasteiger charge is -2.19. The predicted molar refractivity (Wildman–Crippen MR) is 144 cm³/mol. The fourth-order valence-corrected chi connectivity index (χ4v) is 4.63. The number of hydrogen-bond donors (Lipinski definition) is 3. The van der Waals surface area contributed by atoms with Crippen LogP contribution in [0, 0.1) is 11.2 Å². The number of amides is 1. The van der Waals surface area contributed by atoms with Crippen molar-refractivity contribution < 1.29 is 32.3 Å². The maximum Gasteiger partial charge on any atom is 0.417 e. The Morgan fingerprint density at radius 1 is 1.02 bits per heavy atom. The number of hydrogen-bond acceptors (Lipinski definition) is 3. The zero-order chi connectivity index (χ0) is 30.1. The SMILES string of the molecule is Cn1ccn(Cc2cc(C(=O)NC(CC(=O)O)c3ccc(Cl)c(Cl)c3)cc(-c3ccc(F)cc3C(F)(F)F)c2)c1=N. The molecule has 13 heteroatoms. The number of imidazole rings is 1. The number of aromatic nitrogens is 2. The molecule has 0 bridgehead atoms. The van der Waals surface area contributed by atoms with Gasteiger partial charge in [0, 0.05) is 25.0 Å². The van der Waals surface area contributed by atoms with Crippen molar-refractivity contribution in [3.63, 3.8) is 0 Å². The van der Waals surface area contributed by atoms with Crippen LogP contribution in [0.2, 0.25) is 10.0 Å². The van der Waals surface area contributed by atoms with Crippen LogP contribution in [0.4, 0.5) is 17.6 Å². The van der Waals surface area contributed by atoms with E-state index in [1.807, 2.05) is 0 Å². The van der Waals surface area contributed by atoms with Gasteiger partial charge in [-0.1, -0.05) is 35.3 Å². The molecule has 1 unspecified atom stereocenters. The normalized spacial score (nSPS) is 12.3. The van der Waals surface area contributed by atoms with Crippen LogP contribution in [-0.4, -0.2) is 26.1 Å². The van der Waals surface area contributed by atoms with Gasteiger partial charge in [0.25, 0.3) is 5.91 Å². The summed E-state index contributed by atoms with van der Waals surface area (Å²) in [5.41, 5.74) is -0.858. The largest absolute Gasteiger partial charge is 0.481 e. The van der Waals surface area contributed by atoms with Crippen molar-refractivity contribution in [3.8, 4) is 11.1 Å². The van der Waals surface area contributed by atoms with E-state index in [0.717, 1.165) is 12.1 Å². The number of aryl methyl sites for hydroxylation is 1. The van der Waals surface area contributed by atoms with Gasteiger partial charge in [-0.05, 0) is 64.7 Å². The Morgan fingerprint density at radius 2 is 1.76 bits per heavy atom. The van der Waals surface area contributed by atoms with E-state index in [1.54, 1.807) is 19.4 Å². The molecule has 3 aromatic carbocycles. The maximum absolute atomic E-state index is 13.9. The van der Waals surface area contributed by atoms with Crippen molar-refractivity contribution in [2.24, 2.45) is 7.05 Å². The van der Waals surface area contributed by atoms with Crippen molar-refractivity contribution in [1.29, 1.82) is 5.41 Å². The first-order valence-electron chi connectivity index (χ1n) is 12.0. The Kier molecular flexibility index (Phi) is 8.60. The highest BCUT2D eigenvalue weighted by molar-refractivity contribution is 6.42. The van der Waals surface area contributed by atoms with Crippen LogP contribution >= 0.6 is 23.2 Å². The van der Waals surface area contributed by atoms with Crippen LogP contribution in [0.1, 0.15) is 39.5 Å². The summed E-state index contributed by atoms with van der Waals surface area (Å²) in [5.74, 6) is -3.07. The molecule has 0 fully saturated rings. The number of carboxylic acid groups (broad SMARTS) is 1. The molecule has 1 amide bonds. The standard InChI is InChI=1S/C28H22Cl2F4N4O3/c1-37-6-7-38(27(37)35)14-15-8-17(20-4-3-19(31)12-21(20)28(32,33)34)10-18(9-15)26(41)36-24(13-25(39)40)16-2-5-22(29)23(30)11-16/h2-12,24,35H,13-14H2,1H3,(H,36,41)(H,39,40). The Labute approximate surface area is 241 Å². The van der Waals surface area contributed by atoms with E-state index in [1.165, 1.54) is 45.5 Å². The second-order valence-corrected chi connectivity index (χ2v) is 10.1. The van der Waals surface area contributed by atoms with Gasteiger partial charge >= 0.3 is 12.1 Å². The van der Waals surface area contributed by atoms with Gasteiger partial charge in [0.2, 0.25) is 5.62 Å². The molecule has 4 aromatic rings. The minimum Gasteiger partial charge on any atom is -0.481 e. The number of carboxylic acids is 1. The first-order chi connectivity index (χ1) is 19.2. The van der Waals surface area contributed by atoms with Gasteiger partial charge in [-0.15, -0.1) is 0 Å². The number of nitrogens with zero attached hydrogens (tertiary/aromatic N) is 2. The molecule has 0 aliphatic carbocycles. The Balaban J connectivity index is 1.81. The van der Waals surface area contributed by atoms with Gasteiger partial charge in [-0.3, -0.25) is 15.0 Å². The monoisotopic (exact) mass is 608 g/mol. The number of carbonyl (C=O) groups is 2. The number of nitrogens with one attached hydrogen (secondary N) is 2.